The Hall–Kier alpha value is -1.11. The second kappa shape index (κ2) is 8.36. The van der Waals surface area contributed by atoms with Crippen molar-refractivity contribution < 1.29 is 14.0 Å². The number of ketones is 1. The van der Waals surface area contributed by atoms with Gasteiger partial charge in [0.1, 0.15) is 5.82 Å². The fraction of sp³-hybridized carbons (Fsp3) is 0.429. The molecular weight excluding hydrogens is 315 g/mol. The van der Waals surface area contributed by atoms with Crippen LogP contribution in [0.15, 0.2) is 23.1 Å². The Morgan fingerprint density at radius 1 is 1.43 bits per heavy atom. The summed E-state index contributed by atoms with van der Waals surface area (Å²) in [5.41, 5.74) is 0.0799. The molecule has 1 aromatic carbocycles. The smallest absolute Gasteiger partial charge is 0.230 e. The minimum atomic E-state index is -0.538. The van der Waals surface area contributed by atoms with Gasteiger partial charge < -0.3 is 10.6 Å². The van der Waals surface area contributed by atoms with Crippen LogP contribution < -0.4 is 10.6 Å². The van der Waals surface area contributed by atoms with Crippen molar-refractivity contribution in [2.24, 2.45) is 5.92 Å². The van der Waals surface area contributed by atoms with Crippen LogP contribution in [0.3, 0.4) is 0 Å². The first-order valence-electron chi connectivity index (χ1n) is 6.47. The van der Waals surface area contributed by atoms with Crippen LogP contribution in [0.25, 0.3) is 0 Å². The molecule has 1 amide bonds. The van der Waals surface area contributed by atoms with Gasteiger partial charge in [0, 0.05) is 30.4 Å². The summed E-state index contributed by atoms with van der Waals surface area (Å²) in [6.45, 7) is 3.91. The fourth-order valence-electron chi connectivity index (χ4n) is 1.82. The van der Waals surface area contributed by atoms with Crippen molar-refractivity contribution in [2.75, 3.05) is 25.4 Å². The Balaban J connectivity index is 0.00000220. The molecule has 7 heteroatoms. The largest absolute Gasteiger partial charge is 0.355 e. The molecule has 21 heavy (non-hydrogen) atoms. The summed E-state index contributed by atoms with van der Waals surface area (Å²) < 4.78 is 13.6. The number of benzene rings is 1. The third-order valence-corrected chi connectivity index (χ3v) is 4.14. The SMILES string of the molecule is CC(=O)c1ccc(SCC(=O)NCC2CNC2)cc1F.Cl. The summed E-state index contributed by atoms with van der Waals surface area (Å²) in [5, 5.41) is 5.99. The molecule has 2 rings (SSSR count). The summed E-state index contributed by atoms with van der Waals surface area (Å²) >= 11 is 1.26. The van der Waals surface area contributed by atoms with Crippen LogP contribution in [0.1, 0.15) is 17.3 Å². The molecule has 1 saturated heterocycles. The van der Waals surface area contributed by atoms with E-state index in [4.69, 9.17) is 0 Å². The van der Waals surface area contributed by atoms with Gasteiger partial charge in [0.15, 0.2) is 5.78 Å². The second-order valence-corrected chi connectivity index (χ2v) is 5.86. The predicted molar refractivity (Wildman–Crippen MR) is 83.7 cm³/mol. The minimum Gasteiger partial charge on any atom is -0.355 e. The zero-order valence-corrected chi connectivity index (χ0v) is 13.3. The molecule has 0 unspecified atom stereocenters. The number of rotatable bonds is 6. The number of carbonyl (C=O) groups excluding carboxylic acids is 2. The van der Waals surface area contributed by atoms with Crippen molar-refractivity contribution in [3.05, 3.63) is 29.6 Å². The van der Waals surface area contributed by atoms with Crippen LogP contribution in [0.5, 0.6) is 0 Å². The van der Waals surface area contributed by atoms with Gasteiger partial charge >= 0.3 is 0 Å². The number of nitrogens with one attached hydrogen (secondary N) is 2. The van der Waals surface area contributed by atoms with E-state index >= 15 is 0 Å². The van der Waals surface area contributed by atoms with Crippen LogP contribution in [0.4, 0.5) is 4.39 Å². The zero-order valence-electron chi connectivity index (χ0n) is 11.6. The molecule has 1 aromatic rings. The second-order valence-electron chi connectivity index (χ2n) is 4.81. The van der Waals surface area contributed by atoms with E-state index in [1.54, 1.807) is 6.07 Å². The average Bonchev–Trinajstić information content (AvgIpc) is 2.34. The molecule has 0 radical (unpaired) electrons. The van der Waals surface area contributed by atoms with E-state index in [0.717, 1.165) is 13.1 Å². The van der Waals surface area contributed by atoms with E-state index in [9.17, 15) is 14.0 Å². The monoisotopic (exact) mass is 332 g/mol. The van der Waals surface area contributed by atoms with Crippen LogP contribution in [0, 0.1) is 11.7 Å². The van der Waals surface area contributed by atoms with Crippen molar-refractivity contribution in [3.8, 4) is 0 Å². The highest BCUT2D eigenvalue weighted by Crippen LogP contribution is 2.21. The maximum Gasteiger partial charge on any atom is 0.230 e. The van der Waals surface area contributed by atoms with Gasteiger partial charge in [0.05, 0.1) is 11.3 Å². The van der Waals surface area contributed by atoms with Gasteiger partial charge in [-0.15, -0.1) is 24.2 Å². The standard InChI is InChI=1S/C14H17FN2O2S.ClH/c1-9(18)12-3-2-11(4-13(12)15)20-8-14(19)17-7-10-5-16-6-10;/h2-4,10,16H,5-8H2,1H3,(H,17,19);1H. The lowest BCUT2D eigenvalue weighted by molar-refractivity contribution is -0.118. The summed E-state index contributed by atoms with van der Waals surface area (Å²) in [6.07, 6.45) is 0. The van der Waals surface area contributed by atoms with Crippen LogP contribution in [-0.2, 0) is 4.79 Å². The first kappa shape index (κ1) is 17.9. The molecule has 4 nitrogen and oxygen atoms in total. The van der Waals surface area contributed by atoms with Gasteiger partial charge in [-0.25, -0.2) is 4.39 Å². The molecule has 2 N–H and O–H groups in total. The summed E-state index contributed by atoms with van der Waals surface area (Å²) in [4.78, 5) is 23.4. The van der Waals surface area contributed by atoms with E-state index in [1.165, 1.54) is 30.8 Å². The first-order chi connectivity index (χ1) is 9.56. The Labute approximate surface area is 133 Å². The van der Waals surface area contributed by atoms with E-state index in [2.05, 4.69) is 10.6 Å². The van der Waals surface area contributed by atoms with Gasteiger partial charge in [-0.3, -0.25) is 9.59 Å². The highest BCUT2D eigenvalue weighted by Gasteiger charge is 2.17. The number of amides is 1. The molecule has 0 bridgehead atoms. The number of halogens is 2. The molecule has 1 fully saturated rings. The third-order valence-electron chi connectivity index (χ3n) is 3.14. The summed E-state index contributed by atoms with van der Waals surface area (Å²) in [5.74, 6) is -0.123. The number of hydrogen-bond acceptors (Lipinski definition) is 4. The normalized spacial score (nSPS) is 14.0. The molecule has 116 valence electrons. The van der Waals surface area contributed by atoms with Gasteiger partial charge in [-0.2, -0.15) is 0 Å². The molecule has 0 aromatic heterocycles. The Bertz CT molecular complexity index is 524. The summed E-state index contributed by atoms with van der Waals surface area (Å²) in [6, 6.07) is 4.41. The molecule has 0 atom stereocenters. The van der Waals surface area contributed by atoms with Gasteiger partial charge in [0.25, 0.3) is 0 Å². The van der Waals surface area contributed by atoms with Crippen molar-refractivity contribution in [2.45, 2.75) is 11.8 Å². The van der Waals surface area contributed by atoms with Crippen molar-refractivity contribution in [1.82, 2.24) is 10.6 Å². The Kier molecular flexibility index (Phi) is 7.14. The van der Waals surface area contributed by atoms with Crippen LogP contribution >= 0.6 is 24.2 Å². The molecular formula is C14H18ClFN2O2S. The minimum absolute atomic E-state index is 0. The molecule has 0 aliphatic carbocycles. The summed E-state index contributed by atoms with van der Waals surface area (Å²) in [7, 11) is 0. The quantitative estimate of drug-likeness (QED) is 0.617. The Morgan fingerprint density at radius 3 is 2.67 bits per heavy atom. The maximum atomic E-state index is 13.6. The van der Waals surface area contributed by atoms with E-state index < -0.39 is 5.82 Å². The van der Waals surface area contributed by atoms with Gasteiger partial charge in [0.2, 0.25) is 5.91 Å². The van der Waals surface area contributed by atoms with E-state index in [1.807, 2.05) is 0 Å². The van der Waals surface area contributed by atoms with Crippen molar-refractivity contribution >= 4 is 35.9 Å². The van der Waals surface area contributed by atoms with Crippen molar-refractivity contribution in [3.63, 3.8) is 0 Å². The zero-order chi connectivity index (χ0) is 14.5. The lowest BCUT2D eigenvalue weighted by Gasteiger charge is -2.27. The fourth-order valence-corrected chi connectivity index (χ4v) is 2.57. The highest BCUT2D eigenvalue weighted by molar-refractivity contribution is 8.00. The maximum absolute atomic E-state index is 13.6. The number of thioether (sulfide) groups is 1. The van der Waals surface area contributed by atoms with E-state index in [-0.39, 0.29) is 35.4 Å². The topological polar surface area (TPSA) is 58.2 Å². The average molecular weight is 333 g/mol. The molecule has 1 aliphatic rings. The Morgan fingerprint density at radius 2 is 2.14 bits per heavy atom. The van der Waals surface area contributed by atoms with Gasteiger partial charge in [-0.05, 0) is 25.1 Å². The molecule has 1 aliphatic heterocycles. The molecule has 0 saturated carbocycles. The first-order valence-corrected chi connectivity index (χ1v) is 7.45. The number of hydrogen-bond donors (Lipinski definition) is 2. The van der Waals surface area contributed by atoms with E-state index in [0.29, 0.717) is 17.4 Å². The molecule has 0 spiro atoms. The third kappa shape index (κ3) is 5.30. The van der Waals surface area contributed by atoms with Crippen LogP contribution in [-0.4, -0.2) is 37.1 Å². The number of carbonyl (C=O) groups is 2. The lowest BCUT2D eigenvalue weighted by Crippen LogP contribution is -2.48. The molecule has 1 heterocycles. The number of Topliss-reactive ketones (excluding diaryl/α,β-unsaturated/α-hetero) is 1. The van der Waals surface area contributed by atoms with Gasteiger partial charge in [-0.1, -0.05) is 0 Å². The van der Waals surface area contributed by atoms with Crippen LogP contribution in [0.2, 0.25) is 0 Å². The predicted octanol–water partition coefficient (Wildman–Crippen LogP) is 1.88. The lowest BCUT2D eigenvalue weighted by atomic mass is 10.0. The van der Waals surface area contributed by atoms with Crippen molar-refractivity contribution in [1.29, 1.82) is 0 Å². The highest BCUT2D eigenvalue weighted by atomic mass is 35.5.